The summed E-state index contributed by atoms with van der Waals surface area (Å²) in [4.78, 5) is 11.3. The van der Waals surface area contributed by atoms with Gasteiger partial charge in [-0.15, -0.1) is 0 Å². The lowest BCUT2D eigenvalue weighted by Crippen LogP contribution is -2.40. The number of hydrogen-bond donors (Lipinski definition) is 1. The van der Waals surface area contributed by atoms with Gasteiger partial charge >= 0.3 is 5.97 Å². The largest absolute Gasteiger partial charge is 0.469 e. The Balaban J connectivity index is 2.12. The lowest BCUT2D eigenvalue weighted by Gasteiger charge is -2.25. The molecule has 0 radical (unpaired) electrons. The van der Waals surface area contributed by atoms with Crippen molar-refractivity contribution >= 4 is 5.97 Å². The molecule has 2 aliphatic rings. The molecular weight excluding hydrogens is 154 g/mol. The fraction of sp³-hybridized carbons (Fsp3) is 0.889. The van der Waals surface area contributed by atoms with Gasteiger partial charge in [0.25, 0.3) is 0 Å². The molecular formula is C9H15NO2. The number of carbonyl (C=O) groups is 1. The van der Waals surface area contributed by atoms with E-state index >= 15 is 0 Å². The molecule has 4 atom stereocenters. The van der Waals surface area contributed by atoms with Crippen LogP contribution in [-0.2, 0) is 9.53 Å². The third-order valence-electron chi connectivity index (χ3n) is 3.45. The second-order valence-corrected chi connectivity index (χ2v) is 3.96. The number of carbonyl (C=O) groups excluding carboxylic acids is 1. The van der Waals surface area contributed by atoms with E-state index in [1.54, 1.807) is 0 Å². The highest BCUT2D eigenvalue weighted by molar-refractivity contribution is 5.74. The minimum atomic E-state index is -0.102. The molecule has 0 saturated heterocycles. The molecule has 68 valence electrons. The van der Waals surface area contributed by atoms with Crippen LogP contribution in [0.2, 0.25) is 0 Å². The Morgan fingerprint density at radius 2 is 2.08 bits per heavy atom. The number of ether oxygens (including phenoxy) is 1. The highest BCUT2D eigenvalue weighted by Gasteiger charge is 2.49. The zero-order chi connectivity index (χ0) is 8.72. The predicted molar refractivity (Wildman–Crippen MR) is 44.3 cm³/mol. The standard InChI is InChI=1S/C9H15NO2/c1-12-9(11)7-5-2-3-6(4-5)8(7)10/h5-8H,2-4,10H2,1H3/t5?,6?,7?,8-/m0/s1. The molecule has 2 fully saturated rings. The molecule has 0 aliphatic heterocycles. The minimum absolute atomic E-state index is 0.00579. The van der Waals surface area contributed by atoms with Crippen LogP contribution in [0, 0.1) is 17.8 Å². The van der Waals surface area contributed by atoms with E-state index < -0.39 is 0 Å². The first-order valence-electron chi connectivity index (χ1n) is 4.57. The summed E-state index contributed by atoms with van der Waals surface area (Å²) in [5.74, 6) is 0.986. The van der Waals surface area contributed by atoms with Crippen molar-refractivity contribution in [1.29, 1.82) is 0 Å². The fourth-order valence-electron chi connectivity index (χ4n) is 2.82. The van der Waals surface area contributed by atoms with Gasteiger partial charge in [-0.2, -0.15) is 0 Å². The third-order valence-corrected chi connectivity index (χ3v) is 3.45. The first kappa shape index (κ1) is 8.05. The Kier molecular flexibility index (Phi) is 1.83. The van der Waals surface area contributed by atoms with Gasteiger partial charge in [-0.1, -0.05) is 0 Å². The molecule has 2 rings (SSSR count). The summed E-state index contributed by atoms with van der Waals surface area (Å²) in [5, 5.41) is 0. The lowest BCUT2D eigenvalue weighted by molar-refractivity contribution is -0.147. The number of fused-ring (bicyclic) bond motifs is 2. The first-order chi connectivity index (χ1) is 5.74. The molecule has 2 bridgehead atoms. The topological polar surface area (TPSA) is 52.3 Å². The first-order valence-corrected chi connectivity index (χ1v) is 4.57. The molecule has 0 spiro atoms. The average Bonchev–Trinajstić information content (AvgIpc) is 2.63. The molecule has 0 aromatic heterocycles. The quantitative estimate of drug-likeness (QED) is 0.583. The van der Waals surface area contributed by atoms with Gasteiger partial charge in [0.15, 0.2) is 0 Å². The summed E-state index contributed by atoms with van der Waals surface area (Å²) >= 11 is 0. The number of esters is 1. The molecule has 2 saturated carbocycles. The molecule has 0 aromatic rings. The van der Waals surface area contributed by atoms with Gasteiger partial charge in [0, 0.05) is 6.04 Å². The van der Waals surface area contributed by atoms with E-state index in [4.69, 9.17) is 10.5 Å². The summed E-state index contributed by atoms with van der Waals surface area (Å²) in [6.07, 6.45) is 3.51. The van der Waals surface area contributed by atoms with Crippen molar-refractivity contribution in [3.8, 4) is 0 Å². The van der Waals surface area contributed by atoms with Crippen LogP contribution in [-0.4, -0.2) is 19.1 Å². The summed E-state index contributed by atoms with van der Waals surface area (Å²) in [6.45, 7) is 0. The Morgan fingerprint density at radius 1 is 1.42 bits per heavy atom. The summed E-state index contributed by atoms with van der Waals surface area (Å²) < 4.78 is 4.74. The molecule has 3 heteroatoms. The van der Waals surface area contributed by atoms with Crippen molar-refractivity contribution in [3.05, 3.63) is 0 Å². The fourth-order valence-corrected chi connectivity index (χ4v) is 2.82. The summed E-state index contributed by atoms with van der Waals surface area (Å²) in [5.41, 5.74) is 5.94. The van der Waals surface area contributed by atoms with Crippen molar-refractivity contribution in [2.75, 3.05) is 7.11 Å². The molecule has 0 aromatic carbocycles. The van der Waals surface area contributed by atoms with Gasteiger partial charge in [-0.05, 0) is 31.1 Å². The predicted octanol–water partition coefficient (Wildman–Crippen LogP) is 0.533. The Labute approximate surface area is 72.3 Å². The average molecular weight is 169 g/mol. The molecule has 3 unspecified atom stereocenters. The monoisotopic (exact) mass is 169 g/mol. The number of hydrogen-bond acceptors (Lipinski definition) is 3. The van der Waals surface area contributed by atoms with Gasteiger partial charge in [0.1, 0.15) is 0 Å². The minimum Gasteiger partial charge on any atom is -0.469 e. The number of methoxy groups -OCH3 is 1. The summed E-state index contributed by atoms with van der Waals surface area (Å²) in [6, 6.07) is 0.0659. The van der Waals surface area contributed by atoms with Crippen LogP contribution in [0.25, 0.3) is 0 Å². The van der Waals surface area contributed by atoms with Crippen LogP contribution in [0.3, 0.4) is 0 Å². The molecule has 2 aliphatic carbocycles. The van der Waals surface area contributed by atoms with Crippen LogP contribution in [0.5, 0.6) is 0 Å². The number of nitrogens with two attached hydrogens (primary N) is 1. The van der Waals surface area contributed by atoms with Gasteiger partial charge in [0.05, 0.1) is 13.0 Å². The molecule has 0 amide bonds. The SMILES string of the molecule is COC(=O)C1C2CCC(C2)[C@@H]1N. The van der Waals surface area contributed by atoms with E-state index in [2.05, 4.69) is 0 Å². The Hall–Kier alpha value is -0.570. The highest BCUT2D eigenvalue weighted by atomic mass is 16.5. The highest BCUT2D eigenvalue weighted by Crippen LogP contribution is 2.47. The van der Waals surface area contributed by atoms with Gasteiger partial charge in [0.2, 0.25) is 0 Å². The molecule has 2 N–H and O–H groups in total. The van der Waals surface area contributed by atoms with Crippen molar-refractivity contribution in [3.63, 3.8) is 0 Å². The van der Waals surface area contributed by atoms with Gasteiger partial charge in [-0.3, -0.25) is 4.79 Å². The molecule has 12 heavy (non-hydrogen) atoms. The third kappa shape index (κ3) is 0.959. The maximum Gasteiger partial charge on any atom is 0.310 e. The number of rotatable bonds is 1. The maximum atomic E-state index is 11.3. The van der Waals surface area contributed by atoms with E-state index in [0.29, 0.717) is 11.8 Å². The zero-order valence-electron chi connectivity index (χ0n) is 7.32. The van der Waals surface area contributed by atoms with Gasteiger partial charge in [-0.25, -0.2) is 0 Å². The van der Waals surface area contributed by atoms with E-state index in [1.165, 1.54) is 13.5 Å². The van der Waals surface area contributed by atoms with Crippen molar-refractivity contribution in [1.82, 2.24) is 0 Å². The zero-order valence-corrected chi connectivity index (χ0v) is 7.32. The second-order valence-electron chi connectivity index (χ2n) is 3.96. The van der Waals surface area contributed by atoms with Crippen LogP contribution < -0.4 is 5.73 Å². The van der Waals surface area contributed by atoms with E-state index in [0.717, 1.165) is 12.8 Å². The second kappa shape index (κ2) is 2.73. The van der Waals surface area contributed by atoms with Crippen LogP contribution in [0.1, 0.15) is 19.3 Å². The molecule has 0 heterocycles. The van der Waals surface area contributed by atoms with E-state index in [-0.39, 0.29) is 17.9 Å². The van der Waals surface area contributed by atoms with Gasteiger partial charge < -0.3 is 10.5 Å². The van der Waals surface area contributed by atoms with Crippen LogP contribution >= 0.6 is 0 Å². The van der Waals surface area contributed by atoms with Crippen molar-refractivity contribution < 1.29 is 9.53 Å². The lowest BCUT2D eigenvalue weighted by atomic mass is 9.85. The van der Waals surface area contributed by atoms with Crippen LogP contribution in [0.15, 0.2) is 0 Å². The van der Waals surface area contributed by atoms with Crippen molar-refractivity contribution in [2.45, 2.75) is 25.3 Å². The van der Waals surface area contributed by atoms with Crippen molar-refractivity contribution in [2.24, 2.45) is 23.5 Å². The normalized spacial score (nSPS) is 44.8. The molecule has 3 nitrogen and oxygen atoms in total. The van der Waals surface area contributed by atoms with E-state index in [9.17, 15) is 4.79 Å². The van der Waals surface area contributed by atoms with E-state index in [1.807, 2.05) is 0 Å². The van der Waals surface area contributed by atoms with Crippen LogP contribution in [0.4, 0.5) is 0 Å². The smallest absolute Gasteiger partial charge is 0.310 e. The Bertz CT molecular complexity index is 203. The Morgan fingerprint density at radius 3 is 2.58 bits per heavy atom. The summed E-state index contributed by atoms with van der Waals surface area (Å²) in [7, 11) is 1.45. The maximum absolute atomic E-state index is 11.3.